The topological polar surface area (TPSA) is 202 Å². The molecule has 0 unspecified atom stereocenters. The van der Waals surface area contributed by atoms with Crippen LogP contribution in [0.15, 0.2) is 78.9 Å². The Kier molecular flexibility index (Phi) is 14.3. The lowest BCUT2D eigenvalue weighted by atomic mass is 10.0. The normalized spacial score (nSPS) is 13.1. The Morgan fingerprint density at radius 2 is 1.42 bits per heavy atom. The number of hydrogen-bond acceptors (Lipinski definition) is 10. The van der Waals surface area contributed by atoms with Crippen LogP contribution in [0, 0.1) is 17.6 Å². The maximum Gasteiger partial charge on any atom is 0.308 e. The van der Waals surface area contributed by atoms with E-state index in [1.54, 1.807) is 44.2 Å². The molecule has 0 aliphatic heterocycles. The number of fused-ring (bicyclic) bond motifs is 1. The fraction of sp³-hybridized carbons (Fsp3) is 0.308. The van der Waals surface area contributed by atoms with Crippen molar-refractivity contribution in [1.29, 1.82) is 0 Å². The molecule has 4 amide bonds. The van der Waals surface area contributed by atoms with Gasteiger partial charge in [0.15, 0.2) is 23.2 Å². The Morgan fingerprint density at radius 1 is 0.745 bits per heavy atom. The number of phenolic OH excluding ortho intramolecular Hbond substituents is 1. The molecule has 16 heteroatoms. The van der Waals surface area contributed by atoms with Crippen molar-refractivity contribution >= 4 is 46.3 Å². The molecule has 0 saturated heterocycles. The first-order valence-corrected chi connectivity index (χ1v) is 17.2. The number of pyridine rings is 1. The van der Waals surface area contributed by atoms with E-state index in [2.05, 4.69) is 31.0 Å². The second-order valence-electron chi connectivity index (χ2n) is 12.9. The number of hydrogen-bond donors (Lipinski definition) is 5. The predicted molar refractivity (Wildman–Crippen MR) is 195 cm³/mol. The number of phenols is 1. The highest BCUT2D eigenvalue weighted by Gasteiger charge is 2.32. The summed E-state index contributed by atoms with van der Waals surface area (Å²) in [6, 6.07) is 14.0. The lowest BCUT2D eigenvalue weighted by Gasteiger charge is -2.27. The number of rotatable bonds is 17. The number of benzene rings is 3. The number of carbonyl (C=O) groups is 6. The Balaban J connectivity index is 1.45. The van der Waals surface area contributed by atoms with Gasteiger partial charge in [-0.2, -0.15) is 0 Å². The SMILES string of the molecule is COC(=O)C[C@H](NC(=O)[C@H](C)NC(=O)[C@@H](NC(=O)[C@H](Cc1ccc(O)cc1)NC(=O)c1ccc2ccccc2n1)C(C)C)C(=O)COc1c(F)cccc1F. The zero-order valence-corrected chi connectivity index (χ0v) is 30.4. The molecular weight excluding hydrogens is 720 g/mol. The van der Waals surface area contributed by atoms with E-state index in [9.17, 15) is 42.7 Å². The molecule has 0 saturated carbocycles. The maximum atomic E-state index is 14.0. The summed E-state index contributed by atoms with van der Waals surface area (Å²) in [5.74, 6) is -8.39. The second-order valence-corrected chi connectivity index (χ2v) is 12.9. The quantitative estimate of drug-likeness (QED) is 0.0997. The predicted octanol–water partition coefficient (Wildman–Crippen LogP) is 2.90. The van der Waals surface area contributed by atoms with Gasteiger partial charge in [0.2, 0.25) is 17.7 Å². The first kappa shape index (κ1) is 41.3. The van der Waals surface area contributed by atoms with Crippen molar-refractivity contribution < 1.29 is 52.1 Å². The minimum atomic E-state index is -1.56. The summed E-state index contributed by atoms with van der Waals surface area (Å²) in [6.45, 7) is 3.67. The number of aromatic nitrogens is 1. The summed E-state index contributed by atoms with van der Waals surface area (Å²) < 4.78 is 37.6. The van der Waals surface area contributed by atoms with Crippen molar-refractivity contribution in [1.82, 2.24) is 26.3 Å². The van der Waals surface area contributed by atoms with Crippen molar-refractivity contribution in [3.8, 4) is 11.5 Å². The van der Waals surface area contributed by atoms with E-state index in [0.29, 0.717) is 11.1 Å². The Bertz CT molecular complexity index is 2020. The summed E-state index contributed by atoms with van der Waals surface area (Å²) >= 11 is 0. The number of carbonyl (C=O) groups excluding carboxylic acids is 6. The number of amides is 4. The number of methoxy groups -OCH3 is 1. The fourth-order valence-corrected chi connectivity index (χ4v) is 5.32. The van der Waals surface area contributed by atoms with Crippen molar-refractivity contribution in [2.24, 2.45) is 5.92 Å². The molecule has 4 rings (SSSR count). The summed E-state index contributed by atoms with van der Waals surface area (Å²) in [6.07, 6.45) is -0.683. The van der Waals surface area contributed by atoms with Gasteiger partial charge in [-0.05, 0) is 54.8 Å². The molecule has 3 aromatic carbocycles. The summed E-state index contributed by atoms with van der Waals surface area (Å²) in [4.78, 5) is 83.3. The van der Waals surface area contributed by atoms with Crippen LogP contribution in [0.5, 0.6) is 11.5 Å². The molecule has 0 spiro atoms. The molecule has 1 heterocycles. The molecular formula is C39H41F2N5O9. The lowest BCUT2D eigenvalue weighted by molar-refractivity contribution is -0.143. The van der Waals surface area contributed by atoms with Crippen LogP contribution in [-0.4, -0.2) is 83.4 Å². The highest BCUT2D eigenvalue weighted by Crippen LogP contribution is 2.21. The molecule has 5 N–H and O–H groups in total. The van der Waals surface area contributed by atoms with E-state index in [-0.39, 0.29) is 17.9 Å². The maximum absolute atomic E-state index is 14.0. The van der Waals surface area contributed by atoms with Gasteiger partial charge in [-0.3, -0.25) is 28.8 Å². The molecule has 0 fully saturated rings. The Labute approximate surface area is 315 Å². The Morgan fingerprint density at radius 3 is 2.07 bits per heavy atom. The smallest absolute Gasteiger partial charge is 0.308 e. The molecule has 0 bridgehead atoms. The molecule has 0 radical (unpaired) electrons. The number of para-hydroxylation sites is 2. The standard InChI is InChI=1S/C39H41F2N5O9/c1-21(2)34(39(53)42-22(3)36(50)44-30(19-33(49)54-4)32(48)20-55-35-26(40)9-7-10-27(35)41)46-38(52)31(18-23-12-15-25(47)16-13-23)45-37(51)29-17-14-24-8-5-6-11-28(24)43-29/h5-17,21-22,30-31,34,47H,18-20H2,1-4H3,(H,42,53)(H,44,50)(H,45,51)(H,46,52)/t22-,30-,31-,34-/m0/s1. The molecule has 14 nitrogen and oxygen atoms in total. The average molecular weight is 762 g/mol. The van der Waals surface area contributed by atoms with Crippen LogP contribution >= 0.6 is 0 Å². The second kappa shape index (κ2) is 19.0. The molecule has 0 aliphatic carbocycles. The van der Waals surface area contributed by atoms with Gasteiger partial charge >= 0.3 is 5.97 Å². The van der Waals surface area contributed by atoms with Crippen molar-refractivity contribution in [3.63, 3.8) is 0 Å². The van der Waals surface area contributed by atoms with Gasteiger partial charge in [-0.1, -0.05) is 56.3 Å². The van der Waals surface area contributed by atoms with Gasteiger partial charge in [-0.25, -0.2) is 13.8 Å². The van der Waals surface area contributed by atoms with Crippen LogP contribution in [0.25, 0.3) is 10.9 Å². The molecule has 4 aromatic rings. The number of Topliss-reactive ketones (excluding diaryl/α,β-unsaturated/α-hetero) is 1. The van der Waals surface area contributed by atoms with Crippen LogP contribution in [0.2, 0.25) is 0 Å². The third kappa shape index (κ3) is 11.5. The van der Waals surface area contributed by atoms with Crippen LogP contribution in [0.4, 0.5) is 8.78 Å². The van der Waals surface area contributed by atoms with Gasteiger partial charge < -0.3 is 35.8 Å². The van der Waals surface area contributed by atoms with Gasteiger partial charge in [0.1, 0.15) is 42.2 Å². The van der Waals surface area contributed by atoms with E-state index in [0.717, 1.165) is 30.7 Å². The van der Waals surface area contributed by atoms with Gasteiger partial charge in [0.05, 0.1) is 19.0 Å². The molecule has 1 aromatic heterocycles. The minimum Gasteiger partial charge on any atom is -0.508 e. The summed E-state index contributed by atoms with van der Waals surface area (Å²) in [5, 5.41) is 20.7. The third-order valence-electron chi connectivity index (χ3n) is 8.41. The third-order valence-corrected chi connectivity index (χ3v) is 8.41. The number of halogens is 2. The van der Waals surface area contributed by atoms with E-state index in [4.69, 9.17) is 4.74 Å². The molecule has 290 valence electrons. The largest absolute Gasteiger partial charge is 0.508 e. The molecule has 4 atom stereocenters. The van der Waals surface area contributed by atoms with E-state index >= 15 is 0 Å². The zero-order chi connectivity index (χ0) is 40.2. The number of esters is 1. The zero-order valence-electron chi connectivity index (χ0n) is 30.4. The first-order chi connectivity index (χ1) is 26.2. The van der Waals surface area contributed by atoms with Crippen molar-refractivity contribution in [3.05, 3.63) is 102 Å². The highest BCUT2D eigenvalue weighted by molar-refractivity contribution is 5.99. The minimum absolute atomic E-state index is 0.00358. The van der Waals surface area contributed by atoms with Crippen LogP contribution in [-0.2, 0) is 35.1 Å². The molecule has 0 aliphatic rings. The number of ketones is 1. The van der Waals surface area contributed by atoms with E-state index in [1.165, 1.54) is 25.1 Å². The van der Waals surface area contributed by atoms with Crippen LogP contribution in [0.1, 0.15) is 43.2 Å². The first-order valence-electron chi connectivity index (χ1n) is 17.2. The summed E-state index contributed by atoms with van der Waals surface area (Å²) in [5.41, 5.74) is 1.20. The lowest BCUT2D eigenvalue weighted by Crippen LogP contribution is -2.59. The van der Waals surface area contributed by atoms with E-state index in [1.807, 2.05) is 12.1 Å². The number of aromatic hydroxyl groups is 1. The number of ether oxygens (including phenoxy) is 2. The fourth-order valence-electron chi connectivity index (χ4n) is 5.32. The number of nitrogens with one attached hydrogen (secondary N) is 4. The highest BCUT2D eigenvalue weighted by atomic mass is 19.1. The van der Waals surface area contributed by atoms with Crippen LogP contribution in [0.3, 0.4) is 0 Å². The van der Waals surface area contributed by atoms with Crippen LogP contribution < -0.4 is 26.0 Å². The Hall–Kier alpha value is -6.45. The average Bonchev–Trinajstić information content (AvgIpc) is 3.16. The molecule has 55 heavy (non-hydrogen) atoms. The monoisotopic (exact) mass is 761 g/mol. The van der Waals surface area contributed by atoms with Gasteiger partial charge in [0.25, 0.3) is 5.91 Å². The van der Waals surface area contributed by atoms with E-state index < -0.39 is 95.9 Å². The van der Waals surface area contributed by atoms with Gasteiger partial charge in [0, 0.05) is 11.8 Å². The van der Waals surface area contributed by atoms with Crippen molar-refractivity contribution in [2.75, 3.05) is 13.7 Å². The number of nitrogens with zero attached hydrogens (tertiary/aromatic N) is 1. The van der Waals surface area contributed by atoms with Crippen molar-refractivity contribution in [2.45, 2.75) is 57.8 Å². The summed E-state index contributed by atoms with van der Waals surface area (Å²) in [7, 11) is 1.06. The van der Waals surface area contributed by atoms with Gasteiger partial charge in [-0.15, -0.1) is 0 Å².